The lowest BCUT2D eigenvalue weighted by Crippen LogP contribution is -2.04. The van der Waals surface area contributed by atoms with E-state index in [2.05, 4.69) is 5.32 Å². The third-order valence-electron chi connectivity index (χ3n) is 4.62. The zero-order valence-corrected chi connectivity index (χ0v) is 14.8. The molecule has 4 rings (SSSR count). The number of nitrogens with one attached hydrogen (secondary N) is 1. The van der Waals surface area contributed by atoms with Gasteiger partial charge in [-0.25, -0.2) is 0 Å². The van der Waals surface area contributed by atoms with Crippen LogP contribution in [0.5, 0.6) is 5.75 Å². The zero-order chi connectivity index (χ0) is 19.9. The van der Waals surface area contributed by atoms with Crippen LogP contribution in [0.15, 0.2) is 71.1 Å². The molecule has 28 heavy (non-hydrogen) atoms. The monoisotopic (exact) mass is 383 g/mol. The highest BCUT2D eigenvalue weighted by Crippen LogP contribution is 2.48. The van der Waals surface area contributed by atoms with Crippen LogP contribution in [0.4, 0.5) is 19.1 Å². The summed E-state index contributed by atoms with van der Waals surface area (Å²) in [4.78, 5) is 0. The van der Waals surface area contributed by atoms with Crippen molar-refractivity contribution in [3.63, 3.8) is 0 Å². The SMILES string of the molecule is CNc1oc(-c2cccc3ccccc23)c(O)c1-c1cccc(C(F)(F)F)c1. The Balaban J connectivity index is 1.94. The second kappa shape index (κ2) is 6.64. The van der Waals surface area contributed by atoms with E-state index in [1.807, 2.05) is 36.4 Å². The Hall–Kier alpha value is -3.41. The highest BCUT2D eigenvalue weighted by molar-refractivity contribution is 5.99. The van der Waals surface area contributed by atoms with Gasteiger partial charge in [-0.15, -0.1) is 0 Å². The molecule has 1 heterocycles. The largest absolute Gasteiger partial charge is 0.504 e. The van der Waals surface area contributed by atoms with Gasteiger partial charge in [-0.3, -0.25) is 0 Å². The van der Waals surface area contributed by atoms with Crippen molar-refractivity contribution in [1.29, 1.82) is 0 Å². The van der Waals surface area contributed by atoms with E-state index in [0.29, 0.717) is 5.56 Å². The summed E-state index contributed by atoms with van der Waals surface area (Å²) in [7, 11) is 1.59. The molecule has 0 aliphatic carbocycles. The molecule has 3 aromatic carbocycles. The van der Waals surface area contributed by atoms with Crippen molar-refractivity contribution in [1.82, 2.24) is 0 Å². The maximum absolute atomic E-state index is 13.1. The maximum atomic E-state index is 13.1. The first-order valence-electron chi connectivity index (χ1n) is 8.59. The molecule has 2 N–H and O–H groups in total. The van der Waals surface area contributed by atoms with Gasteiger partial charge in [-0.2, -0.15) is 13.2 Å². The molecule has 3 nitrogen and oxygen atoms in total. The van der Waals surface area contributed by atoms with Gasteiger partial charge in [0.05, 0.1) is 11.1 Å². The Morgan fingerprint density at radius 3 is 2.39 bits per heavy atom. The Bertz CT molecular complexity index is 1160. The first-order valence-corrected chi connectivity index (χ1v) is 8.59. The van der Waals surface area contributed by atoms with Crippen LogP contribution in [0, 0.1) is 0 Å². The first kappa shape index (κ1) is 18.0. The molecule has 0 saturated carbocycles. The summed E-state index contributed by atoms with van der Waals surface area (Å²) in [6.07, 6.45) is -4.48. The van der Waals surface area contributed by atoms with Gasteiger partial charge in [0, 0.05) is 12.6 Å². The Morgan fingerprint density at radius 1 is 0.929 bits per heavy atom. The van der Waals surface area contributed by atoms with Crippen LogP contribution in [0.1, 0.15) is 5.56 Å². The van der Waals surface area contributed by atoms with Crippen LogP contribution in [-0.4, -0.2) is 12.2 Å². The van der Waals surface area contributed by atoms with E-state index < -0.39 is 11.7 Å². The minimum absolute atomic E-state index is 0.191. The van der Waals surface area contributed by atoms with Crippen LogP contribution in [0.3, 0.4) is 0 Å². The molecule has 0 atom stereocenters. The molecule has 0 amide bonds. The van der Waals surface area contributed by atoms with Gasteiger partial charge in [0.15, 0.2) is 11.5 Å². The standard InChI is InChI=1S/C22H16F3NO2/c1-26-21-18(14-8-4-9-15(12-14)22(23,24)25)19(27)20(28-21)17-11-5-7-13-6-2-3-10-16(13)17/h2-12,26-27H,1H3. The van der Waals surface area contributed by atoms with Crippen molar-refractivity contribution in [3.8, 4) is 28.2 Å². The van der Waals surface area contributed by atoms with Crippen molar-refractivity contribution < 1.29 is 22.7 Å². The highest BCUT2D eigenvalue weighted by Gasteiger charge is 2.31. The van der Waals surface area contributed by atoms with E-state index in [1.54, 1.807) is 13.1 Å². The number of furan rings is 1. The quantitative estimate of drug-likeness (QED) is 0.423. The first-order chi connectivity index (χ1) is 13.4. The lowest BCUT2D eigenvalue weighted by Gasteiger charge is -2.09. The molecule has 0 spiro atoms. The number of anilines is 1. The lowest BCUT2D eigenvalue weighted by atomic mass is 9.99. The predicted molar refractivity (Wildman–Crippen MR) is 103 cm³/mol. The molecule has 6 heteroatoms. The van der Waals surface area contributed by atoms with E-state index in [-0.39, 0.29) is 28.5 Å². The number of fused-ring (bicyclic) bond motifs is 1. The fourth-order valence-electron chi connectivity index (χ4n) is 3.32. The van der Waals surface area contributed by atoms with Gasteiger partial charge in [0.2, 0.25) is 5.88 Å². The van der Waals surface area contributed by atoms with Gasteiger partial charge in [0.25, 0.3) is 0 Å². The molecule has 4 aromatic rings. The number of hydrogen-bond donors (Lipinski definition) is 2. The van der Waals surface area contributed by atoms with Crippen molar-refractivity contribution >= 4 is 16.7 Å². The van der Waals surface area contributed by atoms with Crippen LogP contribution in [0.2, 0.25) is 0 Å². The third kappa shape index (κ3) is 2.97. The number of hydrogen-bond acceptors (Lipinski definition) is 3. The summed E-state index contributed by atoms with van der Waals surface area (Å²) < 4.78 is 45.2. The highest BCUT2D eigenvalue weighted by atomic mass is 19.4. The smallest absolute Gasteiger partial charge is 0.416 e. The zero-order valence-electron chi connectivity index (χ0n) is 14.8. The van der Waals surface area contributed by atoms with Crippen molar-refractivity contribution in [2.24, 2.45) is 0 Å². The molecular formula is C22H16F3NO2. The molecule has 0 aliphatic rings. The fraction of sp³-hybridized carbons (Fsp3) is 0.0909. The average Bonchev–Trinajstić information content (AvgIpc) is 3.03. The summed E-state index contributed by atoms with van der Waals surface area (Å²) in [5, 5.41) is 15.5. The van der Waals surface area contributed by atoms with E-state index in [9.17, 15) is 18.3 Å². The summed E-state index contributed by atoms with van der Waals surface area (Å²) >= 11 is 0. The number of halogens is 3. The normalized spacial score (nSPS) is 11.7. The van der Waals surface area contributed by atoms with Gasteiger partial charge >= 0.3 is 6.18 Å². The molecule has 1 aromatic heterocycles. The molecule has 142 valence electrons. The van der Waals surface area contributed by atoms with Gasteiger partial charge in [-0.05, 0) is 28.5 Å². The lowest BCUT2D eigenvalue weighted by molar-refractivity contribution is -0.137. The maximum Gasteiger partial charge on any atom is 0.416 e. The molecule has 0 aliphatic heterocycles. The van der Waals surface area contributed by atoms with Gasteiger partial charge in [-0.1, -0.05) is 54.6 Å². The van der Waals surface area contributed by atoms with E-state index >= 15 is 0 Å². The number of alkyl halides is 3. The Kier molecular flexibility index (Phi) is 4.26. The molecule has 0 bridgehead atoms. The van der Waals surface area contributed by atoms with Crippen LogP contribution < -0.4 is 5.32 Å². The minimum atomic E-state index is -4.48. The third-order valence-corrected chi connectivity index (χ3v) is 4.62. The van der Waals surface area contributed by atoms with E-state index in [4.69, 9.17) is 4.42 Å². The number of rotatable bonds is 3. The fourth-order valence-corrected chi connectivity index (χ4v) is 3.32. The second-order valence-corrected chi connectivity index (χ2v) is 6.34. The summed E-state index contributed by atoms with van der Waals surface area (Å²) in [5.41, 5.74) is 0.271. The van der Waals surface area contributed by atoms with Gasteiger partial charge < -0.3 is 14.8 Å². The van der Waals surface area contributed by atoms with Crippen LogP contribution in [-0.2, 0) is 6.18 Å². The molecule has 0 saturated heterocycles. The predicted octanol–water partition coefficient (Wildman–Crippen LogP) is 6.53. The average molecular weight is 383 g/mol. The number of benzene rings is 3. The molecular weight excluding hydrogens is 367 g/mol. The Morgan fingerprint density at radius 2 is 1.64 bits per heavy atom. The molecule has 0 radical (unpaired) electrons. The van der Waals surface area contributed by atoms with E-state index in [0.717, 1.165) is 22.9 Å². The van der Waals surface area contributed by atoms with Crippen LogP contribution >= 0.6 is 0 Å². The van der Waals surface area contributed by atoms with Crippen molar-refractivity contribution in [3.05, 3.63) is 72.3 Å². The summed E-state index contributed by atoms with van der Waals surface area (Å²) in [6, 6.07) is 18.0. The van der Waals surface area contributed by atoms with Crippen molar-refractivity contribution in [2.75, 3.05) is 12.4 Å². The van der Waals surface area contributed by atoms with Gasteiger partial charge in [0.1, 0.15) is 0 Å². The summed E-state index contributed by atoms with van der Waals surface area (Å²) in [6.45, 7) is 0. The van der Waals surface area contributed by atoms with E-state index in [1.165, 1.54) is 12.1 Å². The van der Waals surface area contributed by atoms with Crippen LogP contribution in [0.25, 0.3) is 33.2 Å². The molecule has 0 fully saturated rings. The minimum Gasteiger partial charge on any atom is -0.504 e. The second-order valence-electron chi connectivity index (χ2n) is 6.34. The topological polar surface area (TPSA) is 45.4 Å². The molecule has 0 unspecified atom stereocenters. The number of aromatic hydroxyl groups is 1. The van der Waals surface area contributed by atoms with Crippen molar-refractivity contribution in [2.45, 2.75) is 6.18 Å². The summed E-state index contributed by atoms with van der Waals surface area (Å²) in [5.74, 6) is 0.188. The Labute approximate surface area is 159 Å².